The summed E-state index contributed by atoms with van der Waals surface area (Å²) in [5, 5.41) is 0. The predicted octanol–water partition coefficient (Wildman–Crippen LogP) is 2.95. The molecule has 4 bridgehead atoms. The highest BCUT2D eigenvalue weighted by molar-refractivity contribution is 5.28. The second-order valence-electron chi connectivity index (χ2n) is 6.70. The van der Waals surface area contributed by atoms with Gasteiger partial charge in [-0.2, -0.15) is 0 Å². The Labute approximate surface area is 124 Å². The molecule has 5 rings (SSSR count). The van der Waals surface area contributed by atoms with E-state index >= 15 is 0 Å². The molecule has 1 aromatic carbocycles. The zero-order valence-electron chi connectivity index (χ0n) is 12.0. The van der Waals surface area contributed by atoms with E-state index in [4.69, 9.17) is 14.2 Å². The van der Waals surface area contributed by atoms with Gasteiger partial charge >= 0.3 is 0 Å². The summed E-state index contributed by atoms with van der Waals surface area (Å²) in [5.74, 6) is 0. The summed E-state index contributed by atoms with van der Waals surface area (Å²) in [7, 11) is 0. The molecule has 1 aromatic rings. The molecule has 3 heteroatoms. The monoisotopic (exact) mass is 284 g/mol. The van der Waals surface area contributed by atoms with Gasteiger partial charge in [0.1, 0.15) is 11.7 Å². The fourth-order valence-electron chi connectivity index (χ4n) is 4.50. The highest BCUT2D eigenvalue weighted by atomic mass is 16.6. The van der Waals surface area contributed by atoms with Gasteiger partial charge in [-0.1, -0.05) is 42.5 Å². The van der Waals surface area contributed by atoms with Crippen molar-refractivity contribution >= 4 is 0 Å². The molecule has 4 aliphatic heterocycles. The maximum Gasteiger partial charge on any atom is 0.122 e. The summed E-state index contributed by atoms with van der Waals surface area (Å²) in [5.41, 5.74) is 1.00. The zero-order valence-corrected chi connectivity index (χ0v) is 12.0. The third-order valence-electron chi connectivity index (χ3n) is 5.46. The van der Waals surface area contributed by atoms with E-state index in [1.807, 2.05) is 0 Å². The zero-order chi connectivity index (χ0) is 13.9. The summed E-state index contributed by atoms with van der Waals surface area (Å²) in [6.45, 7) is 0. The van der Waals surface area contributed by atoms with Crippen LogP contribution in [-0.4, -0.2) is 30.5 Å². The Morgan fingerprint density at radius 1 is 1.05 bits per heavy atom. The van der Waals surface area contributed by atoms with Crippen LogP contribution in [0.1, 0.15) is 31.2 Å². The minimum atomic E-state index is -0.267. The normalized spacial score (nSPS) is 46.6. The number of hydrogen-bond donors (Lipinski definition) is 0. The SMILES string of the molecule is C1=CC2OC1CC2OC1(c2ccccc2)CC2CCC1O2. The number of benzene rings is 1. The van der Waals surface area contributed by atoms with Crippen molar-refractivity contribution in [1.29, 1.82) is 0 Å². The van der Waals surface area contributed by atoms with Gasteiger partial charge in [0.25, 0.3) is 0 Å². The lowest BCUT2D eigenvalue weighted by Crippen LogP contribution is -2.44. The standard InChI is InChI=1S/C18H20O3/c1-2-4-12(5-3-1)18(11-14-7-9-17(18)20-14)21-16-10-13-6-8-15(16)19-13/h1-6,8,13-17H,7,9-11H2. The topological polar surface area (TPSA) is 27.7 Å². The lowest BCUT2D eigenvalue weighted by molar-refractivity contribution is -0.141. The van der Waals surface area contributed by atoms with Crippen molar-refractivity contribution in [3.8, 4) is 0 Å². The first-order chi connectivity index (χ1) is 10.3. The molecule has 4 heterocycles. The Morgan fingerprint density at radius 3 is 2.57 bits per heavy atom. The largest absolute Gasteiger partial charge is 0.371 e. The smallest absolute Gasteiger partial charge is 0.122 e. The van der Waals surface area contributed by atoms with Gasteiger partial charge in [-0.3, -0.25) is 0 Å². The van der Waals surface area contributed by atoms with Crippen LogP contribution in [0.2, 0.25) is 0 Å². The molecule has 0 aliphatic carbocycles. The molecule has 0 spiro atoms. The summed E-state index contributed by atoms with van der Waals surface area (Å²) < 4.78 is 18.7. The first-order valence-corrected chi connectivity index (χ1v) is 8.06. The van der Waals surface area contributed by atoms with Gasteiger partial charge < -0.3 is 14.2 Å². The summed E-state index contributed by atoms with van der Waals surface area (Å²) >= 11 is 0. The highest BCUT2D eigenvalue weighted by Crippen LogP contribution is 2.52. The number of fused-ring (bicyclic) bond motifs is 4. The van der Waals surface area contributed by atoms with Gasteiger partial charge in [0.2, 0.25) is 0 Å². The van der Waals surface area contributed by atoms with E-state index in [-0.39, 0.29) is 30.0 Å². The fraction of sp³-hybridized carbons (Fsp3) is 0.556. The predicted molar refractivity (Wildman–Crippen MR) is 77.9 cm³/mol. The average Bonchev–Trinajstić information content (AvgIpc) is 3.28. The number of ether oxygens (including phenoxy) is 3. The molecular formula is C18H20O3. The molecule has 0 aromatic heterocycles. The van der Waals surface area contributed by atoms with Gasteiger partial charge in [-0.15, -0.1) is 0 Å². The average molecular weight is 284 g/mol. The van der Waals surface area contributed by atoms with Crippen molar-refractivity contribution < 1.29 is 14.2 Å². The molecule has 0 radical (unpaired) electrons. The van der Waals surface area contributed by atoms with Gasteiger partial charge in [0.15, 0.2) is 0 Å². The van der Waals surface area contributed by atoms with Crippen molar-refractivity contribution in [2.45, 2.75) is 61.8 Å². The maximum atomic E-state index is 6.71. The van der Waals surface area contributed by atoms with Gasteiger partial charge in [0.05, 0.1) is 24.4 Å². The van der Waals surface area contributed by atoms with Crippen LogP contribution < -0.4 is 0 Å². The first kappa shape index (κ1) is 12.4. The molecule has 3 fully saturated rings. The fourth-order valence-corrected chi connectivity index (χ4v) is 4.50. The second kappa shape index (κ2) is 4.42. The molecular weight excluding hydrogens is 264 g/mol. The first-order valence-electron chi connectivity index (χ1n) is 8.06. The van der Waals surface area contributed by atoms with Crippen LogP contribution in [0, 0.1) is 0 Å². The van der Waals surface area contributed by atoms with Crippen LogP contribution in [0.5, 0.6) is 0 Å². The van der Waals surface area contributed by atoms with Gasteiger partial charge in [-0.25, -0.2) is 0 Å². The van der Waals surface area contributed by atoms with Crippen molar-refractivity contribution in [2.75, 3.05) is 0 Å². The van der Waals surface area contributed by atoms with Crippen LogP contribution in [0.3, 0.4) is 0 Å². The van der Waals surface area contributed by atoms with Gasteiger partial charge in [-0.05, 0) is 18.4 Å². The van der Waals surface area contributed by atoms with Crippen LogP contribution >= 0.6 is 0 Å². The summed E-state index contributed by atoms with van der Waals surface area (Å²) in [6.07, 6.45) is 9.70. The number of rotatable bonds is 3. The maximum absolute atomic E-state index is 6.71. The Hall–Kier alpha value is -1.16. The van der Waals surface area contributed by atoms with Crippen molar-refractivity contribution in [3.63, 3.8) is 0 Å². The Balaban J connectivity index is 1.50. The second-order valence-corrected chi connectivity index (χ2v) is 6.70. The third-order valence-corrected chi connectivity index (χ3v) is 5.46. The van der Waals surface area contributed by atoms with E-state index in [0.29, 0.717) is 6.10 Å². The summed E-state index contributed by atoms with van der Waals surface area (Å²) in [4.78, 5) is 0. The summed E-state index contributed by atoms with van der Waals surface area (Å²) in [6, 6.07) is 10.6. The molecule has 110 valence electrons. The third kappa shape index (κ3) is 1.78. The van der Waals surface area contributed by atoms with Crippen LogP contribution in [0.15, 0.2) is 42.5 Å². The van der Waals surface area contributed by atoms with Crippen LogP contribution in [0.4, 0.5) is 0 Å². The van der Waals surface area contributed by atoms with Crippen molar-refractivity contribution in [3.05, 3.63) is 48.0 Å². The molecule has 4 aliphatic rings. The molecule has 0 amide bonds. The molecule has 0 N–H and O–H groups in total. The lowest BCUT2D eigenvalue weighted by Gasteiger charge is -2.39. The van der Waals surface area contributed by atoms with Crippen LogP contribution in [-0.2, 0) is 19.8 Å². The van der Waals surface area contributed by atoms with Crippen LogP contribution in [0.25, 0.3) is 0 Å². The lowest BCUT2D eigenvalue weighted by atomic mass is 9.79. The Morgan fingerprint density at radius 2 is 1.95 bits per heavy atom. The Kier molecular flexibility index (Phi) is 2.61. The van der Waals surface area contributed by atoms with Crippen molar-refractivity contribution in [1.82, 2.24) is 0 Å². The highest BCUT2D eigenvalue weighted by Gasteiger charge is 2.56. The molecule has 6 unspecified atom stereocenters. The van der Waals surface area contributed by atoms with Gasteiger partial charge in [0, 0.05) is 12.8 Å². The van der Waals surface area contributed by atoms with E-state index in [1.165, 1.54) is 12.0 Å². The van der Waals surface area contributed by atoms with E-state index in [1.54, 1.807) is 0 Å². The molecule has 0 saturated carbocycles. The van der Waals surface area contributed by atoms with E-state index < -0.39 is 0 Å². The van der Waals surface area contributed by atoms with E-state index in [2.05, 4.69) is 42.5 Å². The molecule has 21 heavy (non-hydrogen) atoms. The minimum absolute atomic E-state index is 0.134. The van der Waals surface area contributed by atoms with E-state index in [9.17, 15) is 0 Å². The molecule has 3 saturated heterocycles. The Bertz CT molecular complexity index is 569. The quantitative estimate of drug-likeness (QED) is 0.799. The van der Waals surface area contributed by atoms with E-state index in [0.717, 1.165) is 19.3 Å². The minimum Gasteiger partial charge on any atom is -0.371 e. The number of hydrogen-bond acceptors (Lipinski definition) is 3. The molecule has 3 nitrogen and oxygen atoms in total. The van der Waals surface area contributed by atoms with Crippen molar-refractivity contribution in [2.24, 2.45) is 0 Å². The molecule has 6 atom stereocenters.